The standard InChI is InChI=1S/C23H26N4O2/c1-26(22(28)23(24)12-14-29-15-13-23)16-19-17-27(20-10-6-3-7-11-20)25-21(19)18-8-4-2-5-9-18/h2-11,17H,12-16,24H2,1H3. The van der Waals surface area contributed by atoms with Crippen molar-refractivity contribution >= 4 is 5.91 Å². The number of nitrogens with zero attached hydrogens (tertiary/aromatic N) is 3. The molecule has 2 heterocycles. The lowest BCUT2D eigenvalue weighted by Gasteiger charge is -2.35. The smallest absolute Gasteiger partial charge is 0.242 e. The van der Waals surface area contributed by atoms with Gasteiger partial charge >= 0.3 is 0 Å². The lowest BCUT2D eigenvalue weighted by molar-refractivity contribution is -0.139. The number of hydrogen-bond donors (Lipinski definition) is 1. The molecular formula is C23H26N4O2. The predicted octanol–water partition coefficient (Wildman–Crippen LogP) is 3.01. The highest BCUT2D eigenvalue weighted by Gasteiger charge is 2.38. The highest BCUT2D eigenvalue weighted by atomic mass is 16.5. The number of amides is 1. The molecule has 150 valence electrons. The average Bonchev–Trinajstić information content (AvgIpc) is 3.18. The fraction of sp³-hybridized carbons (Fsp3) is 0.304. The van der Waals surface area contributed by atoms with Crippen molar-refractivity contribution in [2.24, 2.45) is 5.73 Å². The van der Waals surface area contributed by atoms with Gasteiger partial charge in [-0.3, -0.25) is 4.79 Å². The summed E-state index contributed by atoms with van der Waals surface area (Å²) >= 11 is 0. The highest BCUT2D eigenvalue weighted by molar-refractivity contribution is 5.86. The number of likely N-dealkylation sites (N-methyl/N-ethyl adjacent to an activating group) is 1. The molecule has 29 heavy (non-hydrogen) atoms. The van der Waals surface area contributed by atoms with Gasteiger partial charge in [-0.25, -0.2) is 4.68 Å². The molecule has 1 saturated heterocycles. The number of carbonyl (C=O) groups excluding carboxylic acids is 1. The van der Waals surface area contributed by atoms with E-state index >= 15 is 0 Å². The van der Waals surface area contributed by atoms with Crippen LogP contribution in [0.2, 0.25) is 0 Å². The van der Waals surface area contributed by atoms with Crippen LogP contribution in [0.5, 0.6) is 0 Å². The van der Waals surface area contributed by atoms with Crippen LogP contribution in [0.1, 0.15) is 18.4 Å². The number of carbonyl (C=O) groups is 1. The molecule has 0 spiro atoms. The average molecular weight is 390 g/mol. The highest BCUT2D eigenvalue weighted by Crippen LogP contribution is 2.26. The van der Waals surface area contributed by atoms with Crippen LogP contribution in [-0.2, 0) is 16.1 Å². The third kappa shape index (κ3) is 4.09. The van der Waals surface area contributed by atoms with E-state index in [1.165, 1.54) is 0 Å². The molecule has 4 rings (SSSR count). The largest absolute Gasteiger partial charge is 0.381 e. The Labute approximate surface area is 170 Å². The first-order valence-corrected chi connectivity index (χ1v) is 9.88. The minimum absolute atomic E-state index is 0.0488. The molecule has 0 unspecified atom stereocenters. The Balaban J connectivity index is 1.65. The van der Waals surface area contributed by atoms with Crippen molar-refractivity contribution in [3.8, 4) is 16.9 Å². The van der Waals surface area contributed by atoms with Crippen LogP contribution in [0.25, 0.3) is 16.9 Å². The fourth-order valence-electron chi connectivity index (χ4n) is 3.73. The SMILES string of the molecule is CN(Cc1cn(-c2ccccc2)nc1-c1ccccc1)C(=O)C1(N)CCOCC1. The van der Waals surface area contributed by atoms with Crippen molar-refractivity contribution in [1.29, 1.82) is 0 Å². The number of rotatable bonds is 5. The molecule has 2 N–H and O–H groups in total. The van der Waals surface area contributed by atoms with E-state index in [9.17, 15) is 4.79 Å². The van der Waals surface area contributed by atoms with Crippen LogP contribution in [0.4, 0.5) is 0 Å². The van der Waals surface area contributed by atoms with Crippen molar-refractivity contribution in [2.45, 2.75) is 24.9 Å². The maximum absolute atomic E-state index is 13.1. The maximum atomic E-state index is 13.1. The van der Waals surface area contributed by atoms with Crippen molar-refractivity contribution in [2.75, 3.05) is 20.3 Å². The lowest BCUT2D eigenvalue weighted by atomic mass is 9.89. The number of para-hydroxylation sites is 1. The van der Waals surface area contributed by atoms with E-state index in [0.29, 0.717) is 32.6 Å². The zero-order chi connectivity index (χ0) is 20.3. The van der Waals surface area contributed by atoms with Gasteiger partial charge in [-0.2, -0.15) is 5.10 Å². The van der Waals surface area contributed by atoms with Crippen molar-refractivity contribution < 1.29 is 9.53 Å². The summed E-state index contributed by atoms with van der Waals surface area (Å²) < 4.78 is 7.24. The zero-order valence-corrected chi connectivity index (χ0v) is 16.6. The number of nitrogens with two attached hydrogens (primary N) is 1. The first-order chi connectivity index (χ1) is 14.1. The summed E-state index contributed by atoms with van der Waals surface area (Å²) in [5.41, 5.74) is 9.40. The van der Waals surface area contributed by atoms with E-state index in [1.807, 2.05) is 71.5 Å². The monoisotopic (exact) mass is 390 g/mol. The van der Waals surface area contributed by atoms with Gasteiger partial charge in [0, 0.05) is 44.1 Å². The van der Waals surface area contributed by atoms with Gasteiger partial charge in [-0.1, -0.05) is 48.5 Å². The second kappa shape index (κ2) is 8.19. The predicted molar refractivity (Wildman–Crippen MR) is 112 cm³/mol. The molecule has 0 aliphatic carbocycles. The molecule has 6 heteroatoms. The third-order valence-corrected chi connectivity index (χ3v) is 5.42. The van der Waals surface area contributed by atoms with Gasteiger partial charge in [0.2, 0.25) is 5.91 Å². The van der Waals surface area contributed by atoms with Gasteiger partial charge in [0.25, 0.3) is 0 Å². The van der Waals surface area contributed by atoms with Crippen molar-refractivity contribution in [3.05, 3.63) is 72.4 Å². The summed E-state index contributed by atoms with van der Waals surface area (Å²) in [6.07, 6.45) is 3.09. The van der Waals surface area contributed by atoms with E-state index in [4.69, 9.17) is 15.6 Å². The molecule has 3 aromatic rings. The van der Waals surface area contributed by atoms with Gasteiger partial charge in [0.15, 0.2) is 0 Å². The number of hydrogen-bond acceptors (Lipinski definition) is 4. The minimum Gasteiger partial charge on any atom is -0.381 e. The third-order valence-electron chi connectivity index (χ3n) is 5.42. The summed E-state index contributed by atoms with van der Waals surface area (Å²) in [6, 6.07) is 20.0. The Morgan fingerprint density at radius 3 is 2.38 bits per heavy atom. The Bertz CT molecular complexity index is 963. The fourth-order valence-corrected chi connectivity index (χ4v) is 3.73. The number of ether oxygens (including phenoxy) is 1. The molecule has 1 aromatic heterocycles. The number of aromatic nitrogens is 2. The molecule has 1 aliphatic heterocycles. The Morgan fingerprint density at radius 1 is 1.10 bits per heavy atom. The van der Waals surface area contributed by atoms with E-state index < -0.39 is 5.54 Å². The molecule has 6 nitrogen and oxygen atoms in total. The van der Waals surface area contributed by atoms with Crippen molar-refractivity contribution in [1.82, 2.24) is 14.7 Å². The van der Waals surface area contributed by atoms with Crippen LogP contribution in [0.15, 0.2) is 66.9 Å². The van der Waals surface area contributed by atoms with E-state index in [2.05, 4.69) is 0 Å². The lowest BCUT2D eigenvalue weighted by Crippen LogP contribution is -2.57. The molecular weight excluding hydrogens is 364 g/mol. The van der Waals surface area contributed by atoms with Crippen LogP contribution in [0, 0.1) is 0 Å². The first kappa shape index (κ1) is 19.4. The molecule has 0 atom stereocenters. The minimum atomic E-state index is -0.852. The molecule has 1 aliphatic rings. The van der Waals surface area contributed by atoms with Crippen molar-refractivity contribution in [3.63, 3.8) is 0 Å². The summed E-state index contributed by atoms with van der Waals surface area (Å²) in [6.45, 7) is 1.49. The van der Waals surface area contributed by atoms with Crippen LogP contribution >= 0.6 is 0 Å². The second-order valence-corrected chi connectivity index (χ2v) is 7.58. The first-order valence-electron chi connectivity index (χ1n) is 9.88. The summed E-state index contributed by atoms with van der Waals surface area (Å²) in [5, 5.41) is 4.82. The summed E-state index contributed by atoms with van der Waals surface area (Å²) in [5.74, 6) is -0.0488. The second-order valence-electron chi connectivity index (χ2n) is 7.58. The number of benzene rings is 2. The van der Waals surface area contributed by atoms with Gasteiger partial charge in [-0.05, 0) is 25.0 Å². The molecule has 0 bridgehead atoms. The quantitative estimate of drug-likeness (QED) is 0.727. The zero-order valence-electron chi connectivity index (χ0n) is 16.6. The van der Waals surface area contributed by atoms with Crippen LogP contribution in [-0.4, -0.2) is 46.4 Å². The summed E-state index contributed by atoms with van der Waals surface area (Å²) in [4.78, 5) is 14.8. The van der Waals surface area contributed by atoms with Gasteiger partial charge in [0.1, 0.15) is 0 Å². The maximum Gasteiger partial charge on any atom is 0.242 e. The van der Waals surface area contributed by atoms with Gasteiger partial charge in [-0.15, -0.1) is 0 Å². The Morgan fingerprint density at radius 2 is 1.72 bits per heavy atom. The van der Waals surface area contributed by atoms with E-state index in [1.54, 1.807) is 11.9 Å². The van der Waals surface area contributed by atoms with Gasteiger partial charge in [0.05, 0.1) is 16.9 Å². The Hall–Kier alpha value is -2.96. The molecule has 2 aromatic carbocycles. The topological polar surface area (TPSA) is 73.4 Å². The van der Waals surface area contributed by atoms with Gasteiger partial charge < -0.3 is 15.4 Å². The van der Waals surface area contributed by atoms with Crippen LogP contribution in [0.3, 0.4) is 0 Å². The van der Waals surface area contributed by atoms with E-state index in [0.717, 1.165) is 22.5 Å². The van der Waals surface area contributed by atoms with E-state index in [-0.39, 0.29) is 5.91 Å². The Kier molecular flexibility index (Phi) is 5.47. The molecule has 0 radical (unpaired) electrons. The normalized spacial score (nSPS) is 15.8. The molecule has 1 fully saturated rings. The summed E-state index contributed by atoms with van der Waals surface area (Å²) in [7, 11) is 1.81. The molecule has 1 amide bonds. The van der Waals surface area contributed by atoms with Crippen LogP contribution < -0.4 is 5.73 Å². The molecule has 0 saturated carbocycles.